The maximum Gasteiger partial charge on any atom is 0.223 e. The second-order valence-electron chi connectivity index (χ2n) is 4.31. The van der Waals surface area contributed by atoms with Gasteiger partial charge in [0.25, 0.3) is 0 Å². The highest BCUT2D eigenvalue weighted by Crippen LogP contribution is 2.18. The van der Waals surface area contributed by atoms with Crippen molar-refractivity contribution in [3.8, 4) is 11.5 Å². The lowest BCUT2D eigenvalue weighted by Gasteiger charge is -2.26. The van der Waals surface area contributed by atoms with Gasteiger partial charge < -0.3 is 29.9 Å². The Hall–Kier alpha value is -1.34. The van der Waals surface area contributed by atoms with E-state index in [0.717, 1.165) is 0 Å². The van der Waals surface area contributed by atoms with Gasteiger partial charge >= 0.3 is 0 Å². The molecule has 0 bridgehead atoms. The van der Waals surface area contributed by atoms with Gasteiger partial charge in [-0.25, -0.2) is 0 Å². The number of rotatable bonds is 7. The van der Waals surface area contributed by atoms with Gasteiger partial charge in [-0.2, -0.15) is 0 Å². The smallest absolute Gasteiger partial charge is 0.223 e. The summed E-state index contributed by atoms with van der Waals surface area (Å²) in [5.41, 5.74) is 0. The molecule has 0 saturated heterocycles. The van der Waals surface area contributed by atoms with E-state index in [9.17, 15) is 10.2 Å². The molecule has 0 saturated carbocycles. The second kappa shape index (κ2) is 7.30. The highest BCUT2D eigenvalue weighted by Gasteiger charge is 2.23. The summed E-state index contributed by atoms with van der Waals surface area (Å²) in [6, 6.07) is 5.87. The van der Waals surface area contributed by atoms with Gasteiger partial charge in [-0.05, 0) is 38.1 Å². The SMILES string of the molecule is C[C@H](O)C(CO)O[C@H](C)C(O)Oc1ccc(O)cc1. The van der Waals surface area contributed by atoms with Crippen LogP contribution in [-0.2, 0) is 4.74 Å². The van der Waals surface area contributed by atoms with Gasteiger partial charge in [-0.15, -0.1) is 0 Å². The molecule has 108 valence electrons. The molecule has 0 radical (unpaired) electrons. The molecule has 6 heteroatoms. The third-order valence-corrected chi connectivity index (χ3v) is 2.60. The van der Waals surface area contributed by atoms with Crippen LogP contribution in [0.15, 0.2) is 24.3 Å². The molecule has 1 aromatic rings. The average molecular weight is 272 g/mol. The Labute approximate surface area is 111 Å². The molecule has 0 aliphatic heterocycles. The predicted octanol–water partition coefficient (Wildman–Crippen LogP) is 0.236. The van der Waals surface area contributed by atoms with Crippen LogP contribution in [0.3, 0.4) is 0 Å². The minimum Gasteiger partial charge on any atom is -0.508 e. The molecule has 1 aromatic carbocycles. The van der Waals surface area contributed by atoms with Gasteiger partial charge in [0.1, 0.15) is 23.7 Å². The van der Waals surface area contributed by atoms with Crippen LogP contribution in [0.5, 0.6) is 11.5 Å². The quantitative estimate of drug-likeness (QED) is 0.531. The van der Waals surface area contributed by atoms with Crippen molar-refractivity contribution in [3.63, 3.8) is 0 Å². The first-order valence-electron chi connectivity index (χ1n) is 6.02. The van der Waals surface area contributed by atoms with Crippen LogP contribution in [-0.4, -0.2) is 51.6 Å². The number of phenols is 1. The summed E-state index contributed by atoms with van der Waals surface area (Å²) in [7, 11) is 0. The fourth-order valence-electron chi connectivity index (χ4n) is 1.41. The molecule has 0 amide bonds. The minimum atomic E-state index is -1.25. The number of ether oxygens (including phenoxy) is 2. The number of benzene rings is 1. The standard InChI is InChI=1S/C13H20O6/c1-8(15)12(7-14)18-9(2)13(17)19-11-5-3-10(16)4-6-11/h3-6,8-9,12-17H,7H2,1-2H3/t8-,9+,12?,13?/m0/s1. The van der Waals surface area contributed by atoms with Gasteiger partial charge in [0, 0.05) is 0 Å². The summed E-state index contributed by atoms with van der Waals surface area (Å²) < 4.78 is 10.5. The van der Waals surface area contributed by atoms with Crippen LogP contribution in [0.25, 0.3) is 0 Å². The number of aliphatic hydroxyl groups is 3. The summed E-state index contributed by atoms with van der Waals surface area (Å²) in [6.45, 7) is 2.70. The van der Waals surface area contributed by atoms with Gasteiger partial charge in [0.2, 0.25) is 6.29 Å². The zero-order valence-corrected chi connectivity index (χ0v) is 10.9. The largest absolute Gasteiger partial charge is 0.508 e. The van der Waals surface area contributed by atoms with Gasteiger partial charge in [-0.1, -0.05) is 0 Å². The molecule has 0 aromatic heterocycles. The van der Waals surface area contributed by atoms with Crippen LogP contribution in [0.4, 0.5) is 0 Å². The fourth-order valence-corrected chi connectivity index (χ4v) is 1.41. The molecule has 0 aliphatic carbocycles. The summed E-state index contributed by atoms with van der Waals surface area (Å²) in [5.74, 6) is 0.471. The van der Waals surface area contributed by atoms with Crippen molar-refractivity contribution in [2.45, 2.75) is 38.4 Å². The first kappa shape index (κ1) is 15.7. The number of aliphatic hydroxyl groups excluding tert-OH is 3. The van der Waals surface area contributed by atoms with E-state index in [0.29, 0.717) is 5.75 Å². The van der Waals surface area contributed by atoms with Crippen molar-refractivity contribution in [3.05, 3.63) is 24.3 Å². The van der Waals surface area contributed by atoms with Crippen molar-refractivity contribution in [2.24, 2.45) is 0 Å². The molecule has 0 heterocycles. The number of aromatic hydroxyl groups is 1. The zero-order chi connectivity index (χ0) is 14.4. The van der Waals surface area contributed by atoms with E-state index >= 15 is 0 Å². The molecule has 0 aliphatic rings. The maximum atomic E-state index is 9.79. The van der Waals surface area contributed by atoms with Crippen LogP contribution in [0.2, 0.25) is 0 Å². The fraction of sp³-hybridized carbons (Fsp3) is 0.538. The van der Waals surface area contributed by atoms with Crippen LogP contribution in [0.1, 0.15) is 13.8 Å². The zero-order valence-electron chi connectivity index (χ0n) is 10.9. The van der Waals surface area contributed by atoms with Gasteiger partial charge in [0.05, 0.1) is 12.7 Å². The summed E-state index contributed by atoms with van der Waals surface area (Å²) in [6.07, 6.45) is -3.63. The van der Waals surface area contributed by atoms with Crippen LogP contribution < -0.4 is 4.74 Å². The van der Waals surface area contributed by atoms with Gasteiger partial charge in [0.15, 0.2) is 0 Å². The molecular formula is C13H20O6. The average Bonchev–Trinajstić information content (AvgIpc) is 2.37. The molecule has 2 unspecified atom stereocenters. The molecule has 4 atom stereocenters. The number of hydrogen-bond acceptors (Lipinski definition) is 6. The van der Waals surface area contributed by atoms with Crippen LogP contribution in [0, 0.1) is 0 Å². The van der Waals surface area contributed by atoms with Crippen molar-refractivity contribution >= 4 is 0 Å². The molecule has 19 heavy (non-hydrogen) atoms. The first-order valence-corrected chi connectivity index (χ1v) is 6.02. The Morgan fingerprint density at radius 3 is 2.16 bits per heavy atom. The maximum absolute atomic E-state index is 9.79. The predicted molar refractivity (Wildman–Crippen MR) is 67.8 cm³/mol. The molecule has 1 rings (SSSR count). The topological polar surface area (TPSA) is 99.4 Å². The van der Waals surface area contributed by atoms with Crippen molar-refractivity contribution < 1.29 is 29.9 Å². The molecule has 0 fully saturated rings. The highest BCUT2D eigenvalue weighted by atomic mass is 16.6. The lowest BCUT2D eigenvalue weighted by Crippen LogP contribution is -2.40. The van der Waals surface area contributed by atoms with Crippen molar-refractivity contribution in [1.82, 2.24) is 0 Å². The Balaban J connectivity index is 2.52. The Morgan fingerprint density at radius 1 is 1.11 bits per heavy atom. The van der Waals surface area contributed by atoms with E-state index in [1.165, 1.54) is 31.2 Å². The molecule has 0 spiro atoms. The third kappa shape index (κ3) is 5.04. The molecule has 4 N–H and O–H groups in total. The van der Waals surface area contributed by atoms with E-state index in [2.05, 4.69) is 0 Å². The van der Waals surface area contributed by atoms with E-state index in [1.54, 1.807) is 6.92 Å². The normalized spacial score (nSPS) is 17.5. The second-order valence-corrected chi connectivity index (χ2v) is 4.31. The highest BCUT2D eigenvalue weighted by molar-refractivity contribution is 5.30. The molecule has 6 nitrogen and oxygen atoms in total. The number of hydrogen-bond donors (Lipinski definition) is 4. The summed E-state index contributed by atoms with van der Waals surface area (Å²) in [4.78, 5) is 0. The monoisotopic (exact) mass is 272 g/mol. The minimum absolute atomic E-state index is 0.0978. The van der Waals surface area contributed by atoms with E-state index in [-0.39, 0.29) is 12.4 Å². The van der Waals surface area contributed by atoms with E-state index in [4.69, 9.17) is 19.7 Å². The Morgan fingerprint density at radius 2 is 1.68 bits per heavy atom. The Bertz CT molecular complexity index is 364. The third-order valence-electron chi connectivity index (χ3n) is 2.60. The van der Waals surface area contributed by atoms with Crippen molar-refractivity contribution in [1.29, 1.82) is 0 Å². The van der Waals surface area contributed by atoms with E-state index in [1.807, 2.05) is 0 Å². The first-order chi connectivity index (χ1) is 8.93. The summed E-state index contributed by atoms with van der Waals surface area (Å²) >= 11 is 0. The van der Waals surface area contributed by atoms with Crippen LogP contribution >= 0.6 is 0 Å². The summed E-state index contributed by atoms with van der Waals surface area (Å²) in [5, 5.41) is 37.2. The Kier molecular flexibility index (Phi) is 6.04. The van der Waals surface area contributed by atoms with Crippen molar-refractivity contribution in [2.75, 3.05) is 6.61 Å². The lowest BCUT2D eigenvalue weighted by molar-refractivity contribution is -0.168. The lowest BCUT2D eigenvalue weighted by atomic mass is 10.2. The van der Waals surface area contributed by atoms with E-state index < -0.39 is 24.6 Å². The number of phenolic OH excluding ortho intramolecular Hbond substituents is 1. The van der Waals surface area contributed by atoms with Gasteiger partial charge in [-0.3, -0.25) is 0 Å². The molecular weight excluding hydrogens is 252 g/mol.